The van der Waals surface area contributed by atoms with Crippen LogP contribution in [0.15, 0.2) is 39.9 Å². The molecule has 2 heterocycles. The van der Waals surface area contributed by atoms with Crippen LogP contribution in [0.3, 0.4) is 0 Å². The highest BCUT2D eigenvalue weighted by molar-refractivity contribution is 7.80. The first kappa shape index (κ1) is 17.4. The third-order valence-corrected chi connectivity index (χ3v) is 4.73. The van der Waals surface area contributed by atoms with E-state index in [4.69, 9.17) is 4.42 Å². The maximum atomic E-state index is 10.4. The first-order chi connectivity index (χ1) is 13.0. The van der Waals surface area contributed by atoms with Crippen molar-refractivity contribution in [3.05, 3.63) is 41.8 Å². The fourth-order valence-electron chi connectivity index (χ4n) is 3.03. The van der Waals surface area contributed by atoms with Crippen LogP contribution in [-0.2, 0) is 12.8 Å². The van der Waals surface area contributed by atoms with Crippen molar-refractivity contribution in [2.45, 2.75) is 31.8 Å². The van der Waals surface area contributed by atoms with Crippen LogP contribution >= 0.6 is 12.6 Å². The first-order valence-corrected chi connectivity index (χ1v) is 9.06. The van der Waals surface area contributed by atoms with E-state index in [9.17, 15) is 10.2 Å². The van der Waals surface area contributed by atoms with Crippen molar-refractivity contribution in [2.24, 2.45) is 0 Å². The molecule has 2 aromatic carbocycles. The fourth-order valence-corrected chi connectivity index (χ4v) is 3.28. The summed E-state index contributed by atoms with van der Waals surface area (Å²) in [6.07, 6.45) is 1.33. The van der Waals surface area contributed by atoms with Crippen molar-refractivity contribution in [3.63, 3.8) is 0 Å². The number of phenolic OH excluding ortho intramolecular Hbond substituents is 2. The van der Waals surface area contributed by atoms with Gasteiger partial charge in [0.2, 0.25) is 0 Å². The average Bonchev–Trinajstić information content (AvgIpc) is 3.24. The van der Waals surface area contributed by atoms with Crippen LogP contribution in [0.4, 0.5) is 0 Å². The number of rotatable bonds is 4. The fraction of sp³-hybridized carbons (Fsp3) is 0.211. The zero-order valence-corrected chi connectivity index (χ0v) is 15.7. The molecule has 0 radical (unpaired) electrons. The Morgan fingerprint density at radius 1 is 1.04 bits per heavy atom. The summed E-state index contributed by atoms with van der Waals surface area (Å²) in [7, 11) is 0. The van der Waals surface area contributed by atoms with E-state index in [1.165, 1.54) is 6.07 Å². The van der Waals surface area contributed by atoms with Crippen LogP contribution in [0.25, 0.3) is 28.2 Å². The van der Waals surface area contributed by atoms with Gasteiger partial charge in [-0.25, -0.2) is 4.98 Å². The topological polar surface area (TPSA) is 97.2 Å². The number of aromatic nitrogens is 4. The number of thiol groups is 1. The van der Waals surface area contributed by atoms with E-state index in [0.717, 1.165) is 11.2 Å². The van der Waals surface area contributed by atoms with Gasteiger partial charge in [0, 0.05) is 12.5 Å². The molecule has 0 aliphatic carbocycles. The molecule has 2 N–H and O–H groups in total. The Hall–Kier alpha value is -3.00. The molecule has 0 atom stereocenters. The van der Waals surface area contributed by atoms with Crippen LogP contribution in [-0.4, -0.2) is 30.0 Å². The molecule has 4 rings (SSSR count). The molecule has 2 aromatic heterocycles. The van der Waals surface area contributed by atoms with Gasteiger partial charge in [-0.05, 0) is 36.2 Å². The molecule has 4 aromatic rings. The molecule has 0 fully saturated rings. The Labute approximate surface area is 160 Å². The van der Waals surface area contributed by atoms with Crippen LogP contribution < -0.4 is 0 Å². The second kappa shape index (κ2) is 6.62. The third-order valence-electron chi connectivity index (χ3n) is 4.44. The van der Waals surface area contributed by atoms with Crippen molar-refractivity contribution >= 4 is 23.7 Å². The number of aryl methyl sites for hydroxylation is 2. The van der Waals surface area contributed by atoms with E-state index in [1.807, 2.05) is 32.0 Å². The Balaban J connectivity index is 1.90. The van der Waals surface area contributed by atoms with Gasteiger partial charge in [-0.3, -0.25) is 4.57 Å². The number of aromatic hydroxyl groups is 2. The average molecular weight is 382 g/mol. The number of nitrogens with zero attached hydrogens (tertiary/aromatic N) is 4. The van der Waals surface area contributed by atoms with E-state index in [0.29, 0.717) is 46.4 Å². The molecule has 0 amide bonds. The monoisotopic (exact) mass is 382 g/mol. The van der Waals surface area contributed by atoms with E-state index in [-0.39, 0.29) is 11.5 Å². The number of hydrogen-bond acceptors (Lipinski definition) is 7. The molecule has 7 nitrogen and oxygen atoms in total. The number of oxazole rings is 1. The summed E-state index contributed by atoms with van der Waals surface area (Å²) >= 11 is 4.42. The minimum Gasteiger partial charge on any atom is -0.508 e. The van der Waals surface area contributed by atoms with Crippen LogP contribution in [0.5, 0.6) is 11.5 Å². The van der Waals surface area contributed by atoms with Gasteiger partial charge < -0.3 is 14.6 Å². The van der Waals surface area contributed by atoms with Crippen LogP contribution in [0, 0.1) is 0 Å². The predicted molar refractivity (Wildman–Crippen MR) is 104 cm³/mol. The highest BCUT2D eigenvalue weighted by Gasteiger charge is 2.19. The number of phenols is 2. The highest BCUT2D eigenvalue weighted by atomic mass is 32.1. The summed E-state index contributed by atoms with van der Waals surface area (Å²) in [5.41, 5.74) is 3.34. The van der Waals surface area contributed by atoms with Gasteiger partial charge in [-0.2, -0.15) is 0 Å². The number of hydrogen-bond donors (Lipinski definition) is 3. The lowest BCUT2D eigenvalue weighted by Gasteiger charge is -2.11. The lowest BCUT2D eigenvalue weighted by molar-refractivity contribution is 0.447. The molecule has 0 saturated carbocycles. The summed E-state index contributed by atoms with van der Waals surface area (Å²) in [5.74, 6) is 1.06. The molecule has 138 valence electrons. The van der Waals surface area contributed by atoms with Gasteiger partial charge in [0.15, 0.2) is 22.5 Å². The quantitative estimate of drug-likeness (QED) is 0.463. The van der Waals surface area contributed by atoms with Crippen molar-refractivity contribution in [2.75, 3.05) is 0 Å². The SMILES string of the molecule is CCc1nc2cc(-n3c(S)nnc3-c3cc(CC)c(O)cc3O)ccc2o1. The minimum absolute atomic E-state index is 0.0482. The van der Waals surface area contributed by atoms with Gasteiger partial charge >= 0.3 is 0 Å². The lowest BCUT2D eigenvalue weighted by Crippen LogP contribution is -1.99. The first-order valence-electron chi connectivity index (χ1n) is 8.61. The number of fused-ring (bicyclic) bond motifs is 1. The summed E-state index contributed by atoms with van der Waals surface area (Å²) in [4.78, 5) is 4.46. The molecule has 0 spiro atoms. The van der Waals surface area contributed by atoms with Gasteiger partial charge in [0.25, 0.3) is 0 Å². The standard InChI is InChI=1S/C19H18N4O3S/c1-3-10-7-12(15(25)9-14(10)24)18-21-22-19(27)23(18)11-5-6-16-13(8-11)20-17(4-2)26-16/h5-9,24-25H,3-4H2,1-2H3,(H,22,27). The zero-order valence-electron chi connectivity index (χ0n) is 14.8. The van der Waals surface area contributed by atoms with E-state index >= 15 is 0 Å². The molecule has 0 bridgehead atoms. The summed E-state index contributed by atoms with van der Waals surface area (Å²) < 4.78 is 7.38. The molecule has 27 heavy (non-hydrogen) atoms. The maximum Gasteiger partial charge on any atom is 0.195 e. The van der Waals surface area contributed by atoms with Crippen LogP contribution in [0.2, 0.25) is 0 Å². The van der Waals surface area contributed by atoms with Crippen molar-refractivity contribution in [1.82, 2.24) is 19.7 Å². The van der Waals surface area contributed by atoms with E-state index in [1.54, 1.807) is 10.6 Å². The van der Waals surface area contributed by atoms with Gasteiger partial charge in [-0.15, -0.1) is 22.8 Å². The Bertz CT molecular complexity index is 1150. The smallest absolute Gasteiger partial charge is 0.195 e. The second-order valence-electron chi connectivity index (χ2n) is 6.12. The van der Waals surface area contributed by atoms with Gasteiger partial charge in [0.1, 0.15) is 17.0 Å². The molecular weight excluding hydrogens is 364 g/mol. The minimum atomic E-state index is -0.0810. The third kappa shape index (κ3) is 2.91. The molecule has 0 aliphatic rings. The summed E-state index contributed by atoms with van der Waals surface area (Å²) in [6.45, 7) is 3.91. The molecular formula is C19H18N4O3S. The summed E-state index contributed by atoms with van der Waals surface area (Å²) in [6, 6.07) is 8.59. The molecule has 0 unspecified atom stereocenters. The largest absolute Gasteiger partial charge is 0.508 e. The summed E-state index contributed by atoms with van der Waals surface area (Å²) in [5, 5.41) is 28.9. The number of benzene rings is 2. The van der Waals surface area contributed by atoms with Crippen LogP contribution in [0.1, 0.15) is 25.3 Å². The second-order valence-corrected chi connectivity index (χ2v) is 6.52. The Morgan fingerprint density at radius 2 is 1.85 bits per heavy atom. The van der Waals surface area contributed by atoms with E-state index < -0.39 is 0 Å². The highest BCUT2D eigenvalue weighted by Crippen LogP contribution is 2.36. The van der Waals surface area contributed by atoms with Crippen molar-refractivity contribution in [3.8, 4) is 28.6 Å². The molecule has 0 aliphatic heterocycles. The Morgan fingerprint density at radius 3 is 2.59 bits per heavy atom. The maximum absolute atomic E-state index is 10.4. The lowest BCUT2D eigenvalue weighted by atomic mass is 10.1. The van der Waals surface area contributed by atoms with Crippen molar-refractivity contribution < 1.29 is 14.6 Å². The van der Waals surface area contributed by atoms with Crippen molar-refractivity contribution in [1.29, 1.82) is 0 Å². The Kier molecular flexibility index (Phi) is 4.27. The zero-order chi connectivity index (χ0) is 19.1. The molecule has 8 heteroatoms. The predicted octanol–water partition coefficient (Wildman–Crippen LogP) is 3.90. The molecule has 0 saturated heterocycles. The van der Waals surface area contributed by atoms with Gasteiger partial charge in [-0.1, -0.05) is 13.8 Å². The van der Waals surface area contributed by atoms with Gasteiger partial charge in [0.05, 0.1) is 11.3 Å². The normalized spacial score (nSPS) is 11.4. The van der Waals surface area contributed by atoms with E-state index in [2.05, 4.69) is 27.8 Å².